The Kier molecular flexibility index (Phi) is 3.98. The average molecular weight is 384 g/mol. The first-order valence-corrected chi connectivity index (χ1v) is 9.78. The lowest BCUT2D eigenvalue weighted by atomic mass is 10.0. The molecule has 5 rings (SSSR count). The summed E-state index contributed by atoms with van der Waals surface area (Å²) < 4.78 is 2.81. The second-order valence-electron chi connectivity index (χ2n) is 6.78. The molecule has 0 aliphatic heterocycles. The number of hydrogen-bond donors (Lipinski definition) is 0. The van der Waals surface area contributed by atoms with Gasteiger partial charge in [-0.1, -0.05) is 12.1 Å². The van der Waals surface area contributed by atoms with Crippen molar-refractivity contribution >= 4 is 38.1 Å². The minimum Gasteiger partial charge on any atom is -0.294 e. The van der Waals surface area contributed by atoms with Crippen LogP contribution in [-0.4, -0.2) is 25.5 Å². The van der Waals surface area contributed by atoms with Gasteiger partial charge in [0.1, 0.15) is 0 Å². The number of hydrogen-bond acceptors (Lipinski definition) is 5. The third-order valence-electron chi connectivity index (χ3n) is 4.81. The Bertz CT molecular complexity index is 1330. The molecular formula is C22H16N4OS. The highest BCUT2D eigenvalue weighted by Gasteiger charge is 2.11. The predicted molar refractivity (Wildman–Crippen MR) is 112 cm³/mol. The minimum absolute atomic E-state index is 0.0607. The van der Waals surface area contributed by atoms with Crippen LogP contribution in [0, 0.1) is 0 Å². The summed E-state index contributed by atoms with van der Waals surface area (Å²) >= 11 is 1.54. The first-order chi connectivity index (χ1) is 13.7. The molecule has 0 atom stereocenters. The number of aromatic nitrogens is 4. The number of benzene rings is 2. The maximum atomic E-state index is 12.7. The van der Waals surface area contributed by atoms with Gasteiger partial charge in [-0.2, -0.15) is 5.10 Å². The van der Waals surface area contributed by atoms with E-state index < -0.39 is 0 Å². The zero-order valence-electron chi connectivity index (χ0n) is 15.2. The van der Waals surface area contributed by atoms with Crippen molar-refractivity contribution in [3.05, 3.63) is 77.8 Å². The number of carbonyl (C=O) groups excluding carboxylic acids is 1. The van der Waals surface area contributed by atoms with Gasteiger partial charge >= 0.3 is 0 Å². The molecule has 2 aromatic carbocycles. The smallest absolute Gasteiger partial charge is 0.168 e. The van der Waals surface area contributed by atoms with E-state index in [0.717, 1.165) is 37.8 Å². The fourth-order valence-corrected chi connectivity index (χ4v) is 4.04. The molecule has 0 spiro atoms. The lowest BCUT2D eigenvalue weighted by molar-refractivity contribution is 0.0992. The molecule has 0 saturated heterocycles. The highest BCUT2D eigenvalue weighted by Crippen LogP contribution is 2.25. The fraction of sp³-hybridized carbons (Fsp3) is 0.0909. The van der Waals surface area contributed by atoms with Gasteiger partial charge in [0.15, 0.2) is 5.78 Å². The summed E-state index contributed by atoms with van der Waals surface area (Å²) in [5.74, 6) is 0.0607. The van der Waals surface area contributed by atoms with E-state index in [1.165, 1.54) is 0 Å². The van der Waals surface area contributed by atoms with Gasteiger partial charge in [0.2, 0.25) is 0 Å². The second-order valence-corrected chi connectivity index (χ2v) is 7.66. The summed E-state index contributed by atoms with van der Waals surface area (Å²) in [6.45, 7) is 0. The van der Waals surface area contributed by atoms with Gasteiger partial charge in [0.05, 0.1) is 28.3 Å². The van der Waals surface area contributed by atoms with Gasteiger partial charge < -0.3 is 0 Å². The number of ketones is 1. The quantitative estimate of drug-likeness (QED) is 0.423. The number of aryl methyl sites for hydroxylation is 1. The lowest BCUT2D eigenvalue weighted by Crippen LogP contribution is -2.05. The van der Waals surface area contributed by atoms with E-state index in [-0.39, 0.29) is 12.2 Å². The van der Waals surface area contributed by atoms with Crippen molar-refractivity contribution in [2.45, 2.75) is 6.42 Å². The van der Waals surface area contributed by atoms with Crippen molar-refractivity contribution in [2.24, 2.45) is 7.05 Å². The number of carbonyl (C=O) groups is 1. The molecule has 6 heteroatoms. The summed E-state index contributed by atoms with van der Waals surface area (Å²) in [6, 6.07) is 13.9. The van der Waals surface area contributed by atoms with Gasteiger partial charge in [-0.15, -0.1) is 11.3 Å². The normalized spacial score (nSPS) is 11.3. The standard InChI is InChI=1S/C22H16N4OS/c1-26-12-18(11-25-26)14-2-3-16-10-23-19(7-17(16)6-14)9-21(27)15-4-5-20-22(8-15)28-13-24-20/h2-8,10-13H,9H2,1H3. The van der Waals surface area contributed by atoms with Crippen LogP contribution in [0.15, 0.2) is 66.6 Å². The molecule has 0 bridgehead atoms. The maximum Gasteiger partial charge on any atom is 0.168 e. The monoisotopic (exact) mass is 384 g/mol. The molecule has 0 unspecified atom stereocenters. The van der Waals surface area contributed by atoms with Crippen LogP contribution in [0.1, 0.15) is 16.1 Å². The summed E-state index contributed by atoms with van der Waals surface area (Å²) in [7, 11) is 1.90. The first kappa shape index (κ1) is 16.8. The first-order valence-electron chi connectivity index (χ1n) is 8.90. The number of fused-ring (bicyclic) bond motifs is 2. The minimum atomic E-state index is 0.0607. The highest BCUT2D eigenvalue weighted by atomic mass is 32.1. The van der Waals surface area contributed by atoms with E-state index >= 15 is 0 Å². The maximum absolute atomic E-state index is 12.7. The van der Waals surface area contributed by atoms with Crippen LogP contribution >= 0.6 is 11.3 Å². The third kappa shape index (κ3) is 3.08. The van der Waals surface area contributed by atoms with Crippen molar-refractivity contribution in [2.75, 3.05) is 0 Å². The number of nitrogens with zero attached hydrogens (tertiary/aromatic N) is 4. The Hall–Kier alpha value is -3.38. The van der Waals surface area contributed by atoms with Crippen LogP contribution in [0.25, 0.3) is 32.1 Å². The highest BCUT2D eigenvalue weighted by molar-refractivity contribution is 7.16. The van der Waals surface area contributed by atoms with E-state index in [0.29, 0.717) is 5.56 Å². The number of thiazole rings is 1. The van der Waals surface area contributed by atoms with E-state index in [2.05, 4.69) is 27.2 Å². The Morgan fingerprint density at radius 3 is 2.79 bits per heavy atom. The van der Waals surface area contributed by atoms with E-state index in [1.54, 1.807) is 21.5 Å². The Morgan fingerprint density at radius 2 is 1.93 bits per heavy atom. The molecule has 3 heterocycles. The molecule has 0 amide bonds. The summed E-state index contributed by atoms with van der Waals surface area (Å²) in [6.07, 6.45) is 5.94. The summed E-state index contributed by atoms with van der Waals surface area (Å²) in [4.78, 5) is 21.5. The average Bonchev–Trinajstić information content (AvgIpc) is 3.35. The van der Waals surface area contributed by atoms with Crippen molar-refractivity contribution in [1.82, 2.24) is 19.7 Å². The number of Topliss-reactive ketones (excluding diaryl/α,β-unsaturated/α-hetero) is 1. The van der Waals surface area contributed by atoms with Gasteiger partial charge in [0, 0.05) is 41.6 Å². The van der Waals surface area contributed by atoms with Crippen molar-refractivity contribution in [3.63, 3.8) is 0 Å². The van der Waals surface area contributed by atoms with Crippen molar-refractivity contribution < 1.29 is 4.79 Å². The van der Waals surface area contributed by atoms with Gasteiger partial charge in [0.25, 0.3) is 0 Å². The fourth-order valence-electron chi connectivity index (χ4n) is 3.33. The van der Waals surface area contributed by atoms with Crippen LogP contribution in [0.5, 0.6) is 0 Å². The van der Waals surface area contributed by atoms with Gasteiger partial charge in [-0.05, 0) is 41.3 Å². The predicted octanol–water partition coefficient (Wildman–Crippen LogP) is 4.67. The van der Waals surface area contributed by atoms with Crippen LogP contribution < -0.4 is 0 Å². The molecule has 0 aliphatic rings. The largest absolute Gasteiger partial charge is 0.294 e. The molecule has 0 aliphatic carbocycles. The number of rotatable bonds is 4. The zero-order valence-corrected chi connectivity index (χ0v) is 16.0. The van der Waals surface area contributed by atoms with Crippen LogP contribution in [0.2, 0.25) is 0 Å². The van der Waals surface area contributed by atoms with Crippen LogP contribution in [0.3, 0.4) is 0 Å². The second kappa shape index (κ2) is 6.65. The molecular weight excluding hydrogens is 368 g/mol. The van der Waals surface area contributed by atoms with Crippen LogP contribution in [-0.2, 0) is 13.5 Å². The molecule has 28 heavy (non-hydrogen) atoms. The van der Waals surface area contributed by atoms with E-state index in [9.17, 15) is 4.79 Å². The molecule has 0 N–H and O–H groups in total. The molecule has 0 fully saturated rings. The van der Waals surface area contributed by atoms with E-state index in [1.807, 2.05) is 56.0 Å². The molecule has 0 radical (unpaired) electrons. The zero-order chi connectivity index (χ0) is 19.1. The van der Waals surface area contributed by atoms with Crippen molar-refractivity contribution in [3.8, 4) is 11.1 Å². The lowest BCUT2D eigenvalue weighted by Gasteiger charge is -2.05. The topological polar surface area (TPSA) is 60.7 Å². The number of pyridine rings is 1. The Labute approximate surface area is 165 Å². The Morgan fingerprint density at radius 1 is 1.00 bits per heavy atom. The summed E-state index contributed by atoms with van der Waals surface area (Å²) in [5, 5.41) is 6.35. The molecule has 136 valence electrons. The molecule has 0 saturated carbocycles. The van der Waals surface area contributed by atoms with Gasteiger partial charge in [-0.25, -0.2) is 4.98 Å². The SMILES string of the molecule is Cn1cc(-c2ccc3cnc(CC(=O)c4ccc5ncsc5c4)cc3c2)cn1. The van der Waals surface area contributed by atoms with Crippen molar-refractivity contribution in [1.29, 1.82) is 0 Å². The Balaban J connectivity index is 1.45. The molecule has 3 aromatic heterocycles. The molecule has 5 aromatic rings. The summed E-state index contributed by atoms with van der Waals surface area (Å²) in [5.41, 5.74) is 6.35. The third-order valence-corrected chi connectivity index (χ3v) is 5.60. The van der Waals surface area contributed by atoms with E-state index in [4.69, 9.17) is 0 Å². The van der Waals surface area contributed by atoms with Gasteiger partial charge in [-0.3, -0.25) is 14.5 Å². The molecule has 5 nitrogen and oxygen atoms in total. The van der Waals surface area contributed by atoms with Crippen LogP contribution in [0.4, 0.5) is 0 Å².